The van der Waals surface area contributed by atoms with E-state index in [0.717, 1.165) is 29.4 Å². The monoisotopic (exact) mass is 418 g/mol. The Hall–Kier alpha value is -1.96. The number of hydrogen-bond donors (Lipinski definition) is 1. The van der Waals surface area contributed by atoms with Gasteiger partial charge in [0.1, 0.15) is 5.00 Å². The van der Waals surface area contributed by atoms with Crippen LogP contribution in [0.3, 0.4) is 0 Å². The summed E-state index contributed by atoms with van der Waals surface area (Å²) in [5.41, 5.74) is 1.73. The number of esters is 1. The van der Waals surface area contributed by atoms with Crippen LogP contribution in [0.1, 0.15) is 41.6 Å². The Balaban J connectivity index is 1.79. The summed E-state index contributed by atoms with van der Waals surface area (Å²) < 4.78 is 11.0. The fourth-order valence-corrected chi connectivity index (χ4v) is 4.69. The van der Waals surface area contributed by atoms with Crippen LogP contribution in [0.5, 0.6) is 0 Å². The average molecular weight is 419 g/mol. The number of hydrogen-bond acceptors (Lipinski definition) is 5. The van der Waals surface area contributed by atoms with Crippen molar-refractivity contribution in [2.45, 2.75) is 39.4 Å². The van der Waals surface area contributed by atoms with E-state index in [9.17, 15) is 4.79 Å². The number of nitrogens with zero attached hydrogens (tertiary/aromatic N) is 1. The summed E-state index contributed by atoms with van der Waals surface area (Å²) in [4.78, 5) is 15.6. The molecule has 0 amide bonds. The standard InChI is InChI=1S/C21H26N2O3S2/c1-4-25-20(24)18-11-17(10-16-8-6-5-7-9-16)28-19(18)22-21(27)23-12-14(2)26-15(3)13-23/h5-9,11,14-15H,4,10,12-13H2,1-3H3,(H,22,27). The molecule has 0 spiro atoms. The molecule has 1 N–H and O–H groups in total. The zero-order chi connectivity index (χ0) is 20.1. The highest BCUT2D eigenvalue weighted by Crippen LogP contribution is 2.31. The Labute approximate surface area is 175 Å². The summed E-state index contributed by atoms with van der Waals surface area (Å²) in [7, 11) is 0. The third kappa shape index (κ3) is 5.31. The van der Waals surface area contributed by atoms with E-state index in [2.05, 4.69) is 22.3 Å². The number of anilines is 1. The molecule has 1 aliphatic heterocycles. The summed E-state index contributed by atoms with van der Waals surface area (Å²) >= 11 is 7.17. The summed E-state index contributed by atoms with van der Waals surface area (Å²) in [5.74, 6) is -0.327. The minimum absolute atomic E-state index is 0.116. The fraction of sp³-hybridized carbons (Fsp3) is 0.429. The van der Waals surface area contributed by atoms with Gasteiger partial charge in [-0.15, -0.1) is 11.3 Å². The molecule has 0 radical (unpaired) electrons. The summed E-state index contributed by atoms with van der Waals surface area (Å²) in [6.07, 6.45) is 0.993. The molecule has 1 aromatic carbocycles. The van der Waals surface area contributed by atoms with E-state index < -0.39 is 0 Å². The van der Waals surface area contributed by atoms with E-state index in [1.807, 2.05) is 45.0 Å². The van der Waals surface area contributed by atoms with Crippen LogP contribution in [0.4, 0.5) is 5.00 Å². The maximum absolute atomic E-state index is 12.5. The van der Waals surface area contributed by atoms with Crippen molar-refractivity contribution in [3.63, 3.8) is 0 Å². The maximum atomic E-state index is 12.5. The van der Waals surface area contributed by atoms with E-state index in [0.29, 0.717) is 17.3 Å². The SMILES string of the molecule is CCOC(=O)c1cc(Cc2ccccc2)sc1NC(=S)N1CC(C)OC(C)C1. The van der Waals surface area contributed by atoms with Gasteiger partial charge < -0.3 is 19.7 Å². The van der Waals surface area contributed by atoms with E-state index in [1.54, 1.807) is 11.3 Å². The predicted molar refractivity (Wildman–Crippen MR) is 117 cm³/mol. The summed E-state index contributed by atoms with van der Waals surface area (Å²) in [6, 6.07) is 12.1. The Bertz CT molecular complexity index is 812. The molecule has 1 saturated heterocycles. The number of thiocarbonyl (C=S) groups is 1. The fourth-order valence-electron chi connectivity index (χ4n) is 3.30. The van der Waals surface area contributed by atoms with Crippen molar-refractivity contribution in [1.29, 1.82) is 0 Å². The van der Waals surface area contributed by atoms with Gasteiger partial charge >= 0.3 is 5.97 Å². The Kier molecular flexibility index (Phi) is 7.04. The van der Waals surface area contributed by atoms with Crippen LogP contribution in [0.25, 0.3) is 0 Å². The number of morpholine rings is 1. The molecule has 2 heterocycles. The first-order chi connectivity index (χ1) is 13.5. The van der Waals surface area contributed by atoms with Gasteiger partial charge in [-0.3, -0.25) is 0 Å². The van der Waals surface area contributed by atoms with E-state index >= 15 is 0 Å². The number of carbonyl (C=O) groups is 1. The predicted octanol–water partition coefficient (Wildman–Crippen LogP) is 4.32. The molecule has 1 aliphatic rings. The second kappa shape index (κ2) is 9.49. The van der Waals surface area contributed by atoms with Gasteiger partial charge in [-0.1, -0.05) is 30.3 Å². The molecular formula is C21H26N2O3S2. The highest BCUT2D eigenvalue weighted by Gasteiger charge is 2.25. The lowest BCUT2D eigenvalue weighted by Gasteiger charge is -2.36. The molecule has 0 saturated carbocycles. The highest BCUT2D eigenvalue weighted by atomic mass is 32.1. The van der Waals surface area contributed by atoms with Crippen LogP contribution in [0, 0.1) is 0 Å². The third-order valence-electron chi connectivity index (χ3n) is 4.43. The van der Waals surface area contributed by atoms with Crippen molar-refractivity contribution in [3.8, 4) is 0 Å². The Morgan fingerprint density at radius 3 is 2.61 bits per heavy atom. The molecule has 150 valence electrons. The largest absolute Gasteiger partial charge is 0.462 e. The van der Waals surface area contributed by atoms with Crippen molar-refractivity contribution in [2.24, 2.45) is 0 Å². The lowest BCUT2D eigenvalue weighted by molar-refractivity contribution is -0.0473. The number of carbonyl (C=O) groups excluding carboxylic acids is 1. The van der Waals surface area contributed by atoms with Gasteiger partial charge in [0.15, 0.2) is 5.11 Å². The van der Waals surface area contributed by atoms with Crippen LogP contribution in [0.2, 0.25) is 0 Å². The minimum atomic E-state index is -0.327. The number of thiophene rings is 1. The van der Waals surface area contributed by atoms with Gasteiger partial charge in [0.2, 0.25) is 0 Å². The number of benzene rings is 1. The molecule has 28 heavy (non-hydrogen) atoms. The first-order valence-corrected chi connectivity index (χ1v) is 10.7. The molecule has 0 aliphatic carbocycles. The molecule has 2 aromatic rings. The zero-order valence-electron chi connectivity index (χ0n) is 16.4. The zero-order valence-corrected chi connectivity index (χ0v) is 18.1. The second-order valence-electron chi connectivity index (χ2n) is 6.93. The molecule has 2 unspecified atom stereocenters. The smallest absolute Gasteiger partial charge is 0.341 e. The molecule has 3 rings (SSSR count). The first kappa shape index (κ1) is 20.8. The van der Waals surface area contributed by atoms with Gasteiger partial charge in [-0.2, -0.15) is 0 Å². The highest BCUT2D eigenvalue weighted by molar-refractivity contribution is 7.80. The van der Waals surface area contributed by atoms with Crippen LogP contribution < -0.4 is 5.32 Å². The lowest BCUT2D eigenvalue weighted by Crippen LogP contribution is -2.49. The first-order valence-electron chi connectivity index (χ1n) is 9.51. The van der Waals surface area contributed by atoms with Gasteiger partial charge in [0, 0.05) is 24.4 Å². The molecule has 5 nitrogen and oxygen atoms in total. The van der Waals surface area contributed by atoms with E-state index in [-0.39, 0.29) is 18.2 Å². The van der Waals surface area contributed by atoms with Crippen molar-refractivity contribution in [3.05, 3.63) is 52.4 Å². The van der Waals surface area contributed by atoms with Gasteiger partial charge in [0.05, 0.1) is 24.4 Å². The van der Waals surface area contributed by atoms with Gasteiger partial charge in [-0.05, 0) is 44.6 Å². The molecule has 1 fully saturated rings. The molecule has 1 aromatic heterocycles. The number of nitrogens with one attached hydrogen (secondary N) is 1. The van der Waals surface area contributed by atoms with Gasteiger partial charge in [-0.25, -0.2) is 4.79 Å². The normalized spacial score (nSPS) is 19.3. The third-order valence-corrected chi connectivity index (χ3v) is 5.84. The van der Waals surface area contributed by atoms with Crippen molar-refractivity contribution >= 4 is 39.6 Å². The molecule has 2 atom stereocenters. The molecule has 7 heteroatoms. The topological polar surface area (TPSA) is 50.8 Å². The van der Waals surface area contributed by atoms with Gasteiger partial charge in [0.25, 0.3) is 0 Å². The second-order valence-corrected chi connectivity index (χ2v) is 8.45. The Morgan fingerprint density at radius 1 is 1.29 bits per heavy atom. The van der Waals surface area contributed by atoms with Crippen LogP contribution in [-0.4, -0.2) is 47.9 Å². The summed E-state index contributed by atoms with van der Waals surface area (Å²) in [5, 5.41) is 4.64. The number of rotatable bonds is 5. The van der Waals surface area contributed by atoms with Crippen molar-refractivity contribution in [2.75, 3.05) is 25.0 Å². The molecular weight excluding hydrogens is 392 g/mol. The Morgan fingerprint density at radius 2 is 1.96 bits per heavy atom. The quantitative estimate of drug-likeness (QED) is 0.576. The minimum Gasteiger partial charge on any atom is -0.462 e. The lowest BCUT2D eigenvalue weighted by atomic mass is 10.1. The van der Waals surface area contributed by atoms with Crippen LogP contribution in [-0.2, 0) is 15.9 Å². The van der Waals surface area contributed by atoms with E-state index in [1.165, 1.54) is 5.56 Å². The van der Waals surface area contributed by atoms with Crippen LogP contribution >= 0.6 is 23.6 Å². The molecule has 0 bridgehead atoms. The van der Waals surface area contributed by atoms with E-state index in [4.69, 9.17) is 21.7 Å². The summed E-state index contributed by atoms with van der Waals surface area (Å²) in [6.45, 7) is 7.69. The maximum Gasteiger partial charge on any atom is 0.341 e. The van der Waals surface area contributed by atoms with Crippen LogP contribution in [0.15, 0.2) is 36.4 Å². The average Bonchev–Trinajstić information content (AvgIpc) is 3.04. The number of ether oxygens (including phenoxy) is 2. The van der Waals surface area contributed by atoms with Crippen molar-refractivity contribution < 1.29 is 14.3 Å². The van der Waals surface area contributed by atoms with Crippen molar-refractivity contribution in [1.82, 2.24) is 4.90 Å².